The van der Waals surface area contributed by atoms with Crippen molar-refractivity contribution in [2.24, 2.45) is 0 Å². The van der Waals surface area contributed by atoms with Crippen LogP contribution in [0, 0.1) is 11.6 Å². The topological polar surface area (TPSA) is 72.5 Å². The van der Waals surface area contributed by atoms with Crippen LogP contribution in [0.4, 0.5) is 14.5 Å². The third-order valence-corrected chi connectivity index (χ3v) is 3.47. The summed E-state index contributed by atoms with van der Waals surface area (Å²) in [6.07, 6.45) is 1.11. The molecule has 0 radical (unpaired) electrons. The van der Waals surface area contributed by atoms with Crippen LogP contribution in [0.1, 0.15) is 40.5 Å². The van der Waals surface area contributed by atoms with Crippen molar-refractivity contribution in [1.82, 2.24) is 0 Å². The van der Waals surface area contributed by atoms with Crippen molar-refractivity contribution in [3.05, 3.63) is 65.2 Å². The quantitative estimate of drug-likeness (QED) is 0.602. The van der Waals surface area contributed by atoms with Gasteiger partial charge in [-0.2, -0.15) is 0 Å². The van der Waals surface area contributed by atoms with Crippen LogP contribution in [-0.4, -0.2) is 24.3 Å². The number of nitrogens with one attached hydrogen (secondary N) is 1. The average Bonchev–Trinajstić information content (AvgIpc) is 2.60. The molecule has 0 atom stereocenters. The molecule has 0 heterocycles. The lowest BCUT2D eigenvalue weighted by Crippen LogP contribution is -2.16. The van der Waals surface area contributed by atoms with E-state index in [2.05, 4.69) is 5.32 Å². The van der Waals surface area contributed by atoms with Gasteiger partial charge in [-0.3, -0.25) is 9.59 Å². The van der Waals surface area contributed by atoms with Crippen LogP contribution in [0.3, 0.4) is 0 Å². The number of ether oxygens (including phenoxy) is 1. The molecule has 1 amide bonds. The molecule has 26 heavy (non-hydrogen) atoms. The van der Waals surface area contributed by atoms with Gasteiger partial charge >= 0.3 is 5.97 Å². The minimum Gasteiger partial charge on any atom is -0.454 e. The highest BCUT2D eigenvalue weighted by Crippen LogP contribution is 2.14. The van der Waals surface area contributed by atoms with Crippen LogP contribution in [0.5, 0.6) is 0 Å². The van der Waals surface area contributed by atoms with E-state index in [9.17, 15) is 23.2 Å². The van der Waals surface area contributed by atoms with Crippen molar-refractivity contribution in [1.29, 1.82) is 0 Å². The Hall–Kier alpha value is -3.09. The monoisotopic (exact) mass is 361 g/mol. The number of benzene rings is 2. The molecule has 0 bridgehead atoms. The van der Waals surface area contributed by atoms with E-state index >= 15 is 0 Å². The average molecular weight is 361 g/mol. The van der Waals surface area contributed by atoms with Crippen LogP contribution in [-0.2, 0) is 9.53 Å². The third-order valence-electron chi connectivity index (χ3n) is 3.47. The summed E-state index contributed by atoms with van der Waals surface area (Å²) < 4.78 is 31.7. The number of esters is 1. The Morgan fingerprint density at radius 2 is 1.62 bits per heavy atom. The van der Waals surface area contributed by atoms with Gasteiger partial charge in [0.05, 0.1) is 0 Å². The van der Waals surface area contributed by atoms with Crippen LogP contribution in [0.25, 0.3) is 0 Å². The molecule has 0 saturated heterocycles. The Morgan fingerprint density at radius 1 is 1.00 bits per heavy atom. The van der Waals surface area contributed by atoms with Gasteiger partial charge in [-0.1, -0.05) is 13.0 Å². The SMILES string of the molecule is CCCC(=O)Nc1ccc(C(=O)COC(=O)c2c(F)cccc2F)cc1. The van der Waals surface area contributed by atoms with E-state index in [0.29, 0.717) is 12.1 Å². The van der Waals surface area contributed by atoms with E-state index < -0.39 is 35.6 Å². The second-order valence-electron chi connectivity index (χ2n) is 5.47. The maximum absolute atomic E-state index is 13.5. The van der Waals surface area contributed by atoms with Crippen molar-refractivity contribution in [3.8, 4) is 0 Å². The molecule has 0 aromatic heterocycles. The summed E-state index contributed by atoms with van der Waals surface area (Å²) in [4.78, 5) is 35.3. The first-order valence-corrected chi connectivity index (χ1v) is 7.96. The fourth-order valence-electron chi connectivity index (χ4n) is 2.17. The highest BCUT2D eigenvalue weighted by molar-refractivity contribution is 6.00. The van der Waals surface area contributed by atoms with Gasteiger partial charge in [0.25, 0.3) is 0 Å². The molecule has 1 N–H and O–H groups in total. The third kappa shape index (κ3) is 4.95. The minimum absolute atomic E-state index is 0.132. The van der Waals surface area contributed by atoms with Gasteiger partial charge < -0.3 is 10.1 Å². The maximum Gasteiger partial charge on any atom is 0.344 e. The van der Waals surface area contributed by atoms with E-state index in [-0.39, 0.29) is 11.5 Å². The zero-order valence-corrected chi connectivity index (χ0v) is 14.1. The van der Waals surface area contributed by atoms with Gasteiger partial charge in [-0.15, -0.1) is 0 Å². The number of anilines is 1. The van der Waals surface area contributed by atoms with E-state index in [4.69, 9.17) is 4.74 Å². The first kappa shape index (κ1) is 19.2. The van der Waals surface area contributed by atoms with Crippen LogP contribution in [0.2, 0.25) is 0 Å². The van der Waals surface area contributed by atoms with Crippen molar-refractivity contribution in [3.63, 3.8) is 0 Å². The molecule has 5 nitrogen and oxygen atoms in total. The molecule has 0 spiro atoms. The van der Waals surface area contributed by atoms with Crippen LogP contribution >= 0.6 is 0 Å². The van der Waals surface area contributed by atoms with E-state index in [0.717, 1.165) is 24.6 Å². The summed E-state index contributed by atoms with van der Waals surface area (Å²) >= 11 is 0. The standard InChI is InChI=1S/C19H17F2NO4/c1-2-4-17(24)22-13-9-7-12(8-10-13)16(23)11-26-19(25)18-14(20)5-3-6-15(18)21/h3,5-10H,2,4,11H2,1H3,(H,22,24). The van der Waals surface area contributed by atoms with Crippen molar-refractivity contribution in [2.75, 3.05) is 11.9 Å². The number of hydrogen-bond donors (Lipinski definition) is 1. The number of rotatable bonds is 7. The van der Waals surface area contributed by atoms with Gasteiger partial charge in [-0.25, -0.2) is 13.6 Å². The van der Waals surface area contributed by atoms with Crippen LogP contribution < -0.4 is 5.32 Å². The number of hydrogen-bond acceptors (Lipinski definition) is 4. The van der Waals surface area contributed by atoms with E-state index in [1.807, 2.05) is 6.92 Å². The molecule has 0 unspecified atom stereocenters. The zero-order chi connectivity index (χ0) is 19.1. The second-order valence-corrected chi connectivity index (χ2v) is 5.47. The first-order chi connectivity index (χ1) is 12.4. The van der Waals surface area contributed by atoms with E-state index in [1.54, 1.807) is 12.1 Å². The number of carbonyl (C=O) groups excluding carboxylic acids is 3. The predicted molar refractivity (Wildman–Crippen MR) is 91.0 cm³/mol. The lowest BCUT2D eigenvalue weighted by Gasteiger charge is -2.07. The summed E-state index contributed by atoms with van der Waals surface area (Å²) in [5.74, 6) is -4.05. The lowest BCUT2D eigenvalue weighted by atomic mass is 10.1. The van der Waals surface area contributed by atoms with Crippen LogP contribution in [0.15, 0.2) is 42.5 Å². The lowest BCUT2D eigenvalue weighted by molar-refractivity contribution is -0.116. The van der Waals surface area contributed by atoms with Gasteiger partial charge in [0.2, 0.25) is 5.91 Å². The fraction of sp³-hybridized carbons (Fsp3) is 0.211. The smallest absolute Gasteiger partial charge is 0.344 e. The number of halogens is 2. The van der Waals surface area contributed by atoms with Crippen molar-refractivity contribution in [2.45, 2.75) is 19.8 Å². The highest BCUT2D eigenvalue weighted by atomic mass is 19.1. The summed E-state index contributed by atoms with van der Waals surface area (Å²) in [6, 6.07) is 8.97. The minimum atomic E-state index is -1.25. The van der Waals surface area contributed by atoms with Gasteiger partial charge in [0.1, 0.15) is 17.2 Å². The highest BCUT2D eigenvalue weighted by Gasteiger charge is 2.19. The van der Waals surface area contributed by atoms with Crippen molar-refractivity contribution >= 4 is 23.3 Å². The Kier molecular flexibility index (Phi) is 6.54. The molecular weight excluding hydrogens is 344 g/mol. The molecule has 2 aromatic carbocycles. The molecule has 2 aromatic rings. The van der Waals surface area contributed by atoms with Gasteiger partial charge in [-0.05, 0) is 42.8 Å². The van der Waals surface area contributed by atoms with Crippen molar-refractivity contribution < 1.29 is 27.9 Å². The molecule has 0 fully saturated rings. The molecule has 0 aliphatic rings. The van der Waals surface area contributed by atoms with E-state index in [1.165, 1.54) is 12.1 Å². The normalized spacial score (nSPS) is 10.3. The number of ketones is 1. The summed E-state index contributed by atoms with van der Waals surface area (Å²) in [6.45, 7) is 1.23. The van der Waals surface area contributed by atoms with Gasteiger partial charge in [0.15, 0.2) is 12.4 Å². The number of carbonyl (C=O) groups is 3. The fourth-order valence-corrected chi connectivity index (χ4v) is 2.17. The molecule has 7 heteroatoms. The Bertz CT molecular complexity index is 799. The largest absolute Gasteiger partial charge is 0.454 e. The molecule has 0 saturated carbocycles. The summed E-state index contributed by atoms with van der Waals surface area (Å²) in [7, 11) is 0. The molecule has 0 aliphatic heterocycles. The molecular formula is C19H17F2NO4. The summed E-state index contributed by atoms with van der Waals surface area (Å²) in [5.41, 5.74) is -0.0694. The number of Topliss-reactive ketones (excluding diaryl/α,β-unsaturated/α-hetero) is 1. The molecule has 136 valence electrons. The second kappa shape index (κ2) is 8.84. The maximum atomic E-state index is 13.5. The first-order valence-electron chi connectivity index (χ1n) is 7.96. The molecule has 0 aliphatic carbocycles. The predicted octanol–water partition coefficient (Wildman–Crippen LogP) is 3.74. The Balaban J connectivity index is 1.95. The summed E-state index contributed by atoms with van der Waals surface area (Å²) in [5, 5.41) is 2.67. The Morgan fingerprint density at radius 3 is 2.19 bits per heavy atom. The zero-order valence-electron chi connectivity index (χ0n) is 14.1. The molecule has 2 rings (SSSR count). The van der Waals surface area contributed by atoms with Gasteiger partial charge in [0, 0.05) is 17.7 Å². The number of amides is 1. The Labute approximate surface area is 149 Å².